The van der Waals surface area contributed by atoms with Crippen molar-refractivity contribution in [2.75, 3.05) is 24.6 Å². The molecule has 1 aromatic carbocycles. The molecular weight excluding hydrogens is 260 g/mol. The maximum Gasteiger partial charge on any atom is 0.335 e. The Hall–Kier alpha value is -2.08. The van der Waals surface area contributed by atoms with Gasteiger partial charge in [-0.2, -0.15) is 0 Å². The van der Waals surface area contributed by atoms with E-state index in [0.29, 0.717) is 18.2 Å². The van der Waals surface area contributed by atoms with E-state index in [9.17, 15) is 9.59 Å². The first-order chi connectivity index (χ1) is 9.61. The van der Waals surface area contributed by atoms with E-state index >= 15 is 0 Å². The Kier molecular flexibility index (Phi) is 4.57. The van der Waals surface area contributed by atoms with Crippen LogP contribution < -0.4 is 10.2 Å². The van der Waals surface area contributed by atoms with Crippen molar-refractivity contribution in [3.05, 3.63) is 29.8 Å². The summed E-state index contributed by atoms with van der Waals surface area (Å²) < 4.78 is 0. The number of amides is 2. The molecule has 0 unspecified atom stereocenters. The lowest BCUT2D eigenvalue weighted by Crippen LogP contribution is -2.42. The van der Waals surface area contributed by atoms with E-state index in [-0.39, 0.29) is 24.7 Å². The number of carbonyl (C=O) groups excluding carboxylic acids is 1. The van der Waals surface area contributed by atoms with Gasteiger partial charge in [0.1, 0.15) is 0 Å². The molecule has 2 amide bonds. The summed E-state index contributed by atoms with van der Waals surface area (Å²) in [7, 11) is 0. The number of hydrogen-bond acceptors (Lipinski definition) is 3. The second-order valence-electron chi connectivity index (χ2n) is 4.86. The van der Waals surface area contributed by atoms with Gasteiger partial charge in [-0.05, 0) is 43.0 Å². The normalized spacial score (nSPS) is 13.8. The highest BCUT2D eigenvalue weighted by Crippen LogP contribution is 2.27. The number of carboxylic acid groups (broad SMARTS) is 1. The molecule has 1 saturated carbocycles. The Balaban J connectivity index is 2.05. The highest BCUT2D eigenvalue weighted by atomic mass is 16.4. The fraction of sp³-hybridized carbons (Fsp3) is 0.429. The zero-order valence-corrected chi connectivity index (χ0v) is 11.1. The number of nitrogens with one attached hydrogen (secondary N) is 1. The summed E-state index contributed by atoms with van der Waals surface area (Å²) in [5.41, 5.74) is 0.730. The van der Waals surface area contributed by atoms with Crippen molar-refractivity contribution in [3.8, 4) is 0 Å². The summed E-state index contributed by atoms with van der Waals surface area (Å²) in [5, 5.41) is 20.7. The number of hydrogen-bond donors (Lipinski definition) is 3. The van der Waals surface area contributed by atoms with Crippen LogP contribution in [0.4, 0.5) is 10.5 Å². The van der Waals surface area contributed by atoms with Crippen molar-refractivity contribution < 1.29 is 19.8 Å². The molecule has 0 aliphatic heterocycles. The third-order valence-electron chi connectivity index (χ3n) is 3.23. The number of anilines is 1. The number of aromatic carboxylic acids is 1. The average molecular weight is 278 g/mol. The highest BCUT2D eigenvalue weighted by molar-refractivity contribution is 5.93. The van der Waals surface area contributed by atoms with E-state index in [1.54, 1.807) is 12.1 Å². The van der Waals surface area contributed by atoms with Crippen LogP contribution in [0.1, 0.15) is 23.2 Å². The maximum atomic E-state index is 12.1. The Labute approximate surface area is 117 Å². The highest BCUT2D eigenvalue weighted by Gasteiger charge is 2.23. The van der Waals surface area contributed by atoms with Crippen LogP contribution in [0.25, 0.3) is 0 Å². The Morgan fingerprint density at radius 2 is 1.90 bits per heavy atom. The zero-order chi connectivity index (χ0) is 14.5. The summed E-state index contributed by atoms with van der Waals surface area (Å²) in [6, 6.07) is 5.74. The molecule has 1 fully saturated rings. The molecule has 1 aliphatic carbocycles. The average Bonchev–Trinajstić information content (AvgIpc) is 3.26. The lowest BCUT2D eigenvalue weighted by atomic mass is 10.2. The molecule has 0 aromatic heterocycles. The minimum atomic E-state index is -1.01. The minimum absolute atomic E-state index is 0.155. The lowest BCUT2D eigenvalue weighted by Gasteiger charge is -2.22. The van der Waals surface area contributed by atoms with E-state index in [1.807, 2.05) is 0 Å². The summed E-state index contributed by atoms with van der Waals surface area (Å²) in [5.74, 6) is -0.437. The SMILES string of the molecule is O=C(O)c1ccc(N(CCO)C(=O)NCC2CC2)cc1. The van der Waals surface area contributed by atoms with Crippen LogP contribution in [0.15, 0.2) is 24.3 Å². The fourth-order valence-corrected chi connectivity index (χ4v) is 1.88. The van der Waals surface area contributed by atoms with Gasteiger partial charge in [-0.25, -0.2) is 9.59 Å². The number of rotatable bonds is 6. The van der Waals surface area contributed by atoms with Crippen LogP contribution >= 0.6 is 0 Å². The number of benzene rings is 1. The molecule has 20 heavy (non-hydrogen) atoms. The third-order valence-corrected chi connectivity index (χ3v) is 3.23. The number of urea groups is 1. The number of carbonyl (C=O) groups is 2. The van der Waals surface area contributed by atoms with Gasteiger partial charge in [0.25, 0.3) is 0 Å². The van der Waals surface area contributed by atoms with Crippen LogP contribution in [0, 0.1) is 5.92 Å². The number of aliphatic hydroxyl groups excluding tert-OH is 1. The molecule has 2 rings (SSSR count). The first-order valence-corrected chi connectivity index (χ1v) is 6.61. The minimum Gasteiger partial charge on any atom is -0.478 e. The molecule has 1 aliphatic rings. The van der Waals surface area contributed by atoms with Crippen LogP contribution in [0.2, 0.25) is 0 Å². The molecule has 3 N–H and O–H groups in total. The maximum absolute atomic E-state index is 12.1. The molecule has 0 heterocycles. The summed E-state index contributed by atoms with van der Waals surface area (Å²) >= 11 is 0. The van der Waals surface area contributed by atoms with E-state index in [2.05, 4.69) is 5.32 Å². The molecule has 1 aromatic rings. The fourth-order valence-electron chi connectivity index (χ4n) is 1.88. The molecule has 0 saturated heterocycles. The van der Waals surface area contributed by atoms with Crippen LogP contribution in [-0.4, -0.2) is 41.9 Å². The molecule has 6 nitrogen and oxygen atoms in total. The van der Waals surface area contributed by atoms with E-state index in [0.717, 1.165) is 12.8 Å². The topological polar surface area (TPSA) is 89.9 Å². The van der Waals surface area contributed by atoms with Crippen molar-refractivity contribution in [2.24, 2.45) is 5.92 Å². The smallest absolute Gasteiger partial charge is 0.335 e. The Bertz CT molecular complexity index is 482. The monoisotopic (exact) mass is 278 g/mol. The quantitative estimate of drug-likeness (QED) is 0.731. The largest absolute Gasteiger partial charge is 0.478 e. The summed E-state index contributed by atoms with van der Waals surface area (Å²) in [6.07, 6.45) is 2.29. The van der Waals surface area contributed by atoms with Gasteiger partial charge in [0.2, 0.25) is 0 Å². The van der Waals surface area contributed by atoms with Gasteiger partial charge < -0.3 is 15.5 Å². The number of aliphatic hydroxyl groups is 1. The second-order valence-corrected chi connectivity index (χ2v) is 4.86. The van der Waals surface area contributed by atoms with Gasteiger partial charge in [0.05, 0.1) is 18.7 Å². The van der Waals surface area contributed by atoms with Gasteiger partial charge in [-0.1, -0.05) is 0 Å². The van der Waals surface area contributed by atoms with Crippen LogP contribution in [0.5, 0.6) is 0 Å². The van der Waals surface area contributed by atoms with Gasteiger partial charge in [0.15, 0.2) is 0 Å². The molecule has 0 bridgehead atoms. The van der Waals surface area contributed by atoms with E-state index < -0.39 is 5.97 Å². The number of nitrogens with zero attached hydrogens (tertiary/aromatic N) is 1. The molecule has 0 spiro atoms. The van der Waals surface area contributed by atoms with Gasteiger partial charge >= 0.3 is 12.0 Å². The Morgan fingerprint density at radius 3 is 2.40 bits per heavy atom. The lowest BCUT2D eigenvalue weighted by molar-refractivity contribution is 0.0697. The van der Waals surface area contributed by atoms with Crippen molar-refractivity contribution in [3.63, 3.8) is 0 Å². The van der Waals surface area contributed by atoms with Crippen molar-refractivity contribution in [1.82, 2.24) is 5.32 Å². The first kappa shape index (κ1) is 14.3. The van der Waals surface area contributed by atoms with Crippen molar-refractivity contribution >= 4 is 17.7 Å². The Morgan fingerprint density at radius 1 is 1.25 bits per heavy atom. The van der Waals surface area contributed by atoms with Gasteiger partial charge in [0, 0.05) is 12.2 Å². The van der Waals surface area contributed by atoms with Crippen LogP contribution in [0.3, 0.4) is 0 Å². The van der Waals surface area contributed by atoms with Gasteiger partial charge in [-0.15, -0.1) is 0 Å². The van der Waals surface area contributed by atoms with Crippen LogP contribution in [-0.2, 0) is 0 Å². The van der Waals surface area contributed by atoms with Crippen molar-refractivity contribution in [1.29, 1.82) is 0 Å². The zero-order valence-electron chi connectivity index (χ0n) is 11.1. The van der Waals surface area contributed by atoms with Gasteiger partial charge in [-0.3, -0.25) is 4.90 Å². The molecule has 108 valence electrons. The third kappa shape index (κ3) is 3.71. The predicted molar refractivity (Wildman–Crippen MR) is 74.0 cm³/mol. The van der Waals surface area contributed by atoms with E-state index in [1.165, 1.54) is 17.0 Å². The predicted octanol–water partition coefficient (Wildman–Crippen LogP) is 1.30. The molecule has 6 heteroatoms. The van der Waals surface area contributed by atoms with Crippen molar-refractivity contribution in [2.45, 2.75) is 12.8 Å². The second kappa shape index (κ2) is 6.38. The molecule has 0 radical (unpaired) electrons. The molecule has 0 atom stereocenters. The van der Waals surface area contributed by atoms with E-state index in [4.69, 9.17) is 10.2 Å². The summed E-state index contributed by atoms with van der Waals surface area (Å²) in [4.78, 5) is 24.3. The number of carboxylic acids is 1. The summed E-state index contributed by atoms with van der Waals surface area (Å²) in [6.45, 7) is 0.661. The first-order valence-electron chi connectivity index (χ1n) is 6.61. The standard InChI is InChI=1S/C14H18N2O4/c17-8-7-16(14(20)15-9-10-1-2-10)12-5-3-11(4-6-12)13(18)19/h3-6,10,17H,1-2,7-9H2,(H,15,20)(H,18,19). The molecular formula is C14H18N2O4.